The molecule has 192 valence electrons. The van der Waals surface area contributed by atoms with Crippen molar-refractivity contribution in [2.24, 2.45) is 11.3 Å². The van der Waals surface area contributed by atoms with Crippen LogP contribution in [0.15, 0.2) is 66.7 Å². The summed E-state index contributed by atoms with van der Waals surface area (Å²) in [6, 6.07) is 24.1. The van der Waals surface area contributed by atoms with E-state index in [4.69, 9.17) is 4.74 Å². The summed E-state index contributed by atoms with van der Waals surface area (Å²) in [6.45, 7) is 15.8. The third-order valence-electron chi connectivity index (χ3n) is 7.73. The van der Waals surface area contributed by atoms with Crippen molar-refractivity contribution in [3.8, 4) is 16.9 Å². The van der Waals surface area contributed by atoms with Gasteiger partial charge in [0, 0.05) is 6.16 Å². The minimum absolute atomic E-state index is 0.155. The summed E-state index contributed by atoms with van der Waals surface area (Å²) in [5.74, 6) is 2.34. The van der Waals surface area contributed by atoms with E-state index in [9.17, 15) is 4.57 Å². The fraction of sp³-hybridized carbons (Fsp3) is 0.455. The van der Waals surface area contributed by atoms with Crippen LogP contribution in [0.3, 0.4) is 0 Å². The second-order valence-corrected chi connectivity index (χ2v) is 16.0. The minimum atomic E-state index is -2.08. The van der Waals surface area contributed by atoms with Crippen molar-refractivity contribution in [2.75, 3.05) is 19.5 Å². The fourth-order valence-electron chi connectivity index (χ4n) is 5.10. The Balaban J connectivity index is 1.58. The maximum atomic E-state index is 12.6. The zero-order valence-electron chi connectivity index (χ0n) is 23.2. The fourth-order valence-corrected chi connectivity index (χ4v) is 6.56. The second kappa shape index (κ2) is 10.6. The molecule has 0 N–H and O–H groups in total. The molecule has 0 bridgehead atoms. The molecule has 1 unspecified atom stereocenters. The molecule has 3 aromatic carbocycles. The molecule has 3 heteroatoms. The summed E-state index contributed by atoms with van der Waals surface area (Å²) < 4.78 is 18.9. The molecule has 2 atom stereocenters. The molecule has 0 spiro atoms. The summed E-state index contributed by atoms with van der Waals surface area (Å²) in [6.07, 6.45) is 3.28. The van der Waals surface area contributed by atoms with E-state index in [1.807, 2.05) is 19.4 Å². The molecule has 1 aliphatic carbocycles. The van der Waals surface area contributed by atoms with Crippen molar-refractivity contribution in [2.45, 2.75) is 65.9 Å². The van der Waals surface area contributed by atoms with Gasteiger partial charge in [-0.15, -0.1) is 0 Å². The first-order valence-electron chi connectivity index (χ1n) is 13.4. The number of hydrogen-bond donors (Lipinski definition) is 0. The molecule has 1 fully saturated rings. The monoisotopic (exact) mass is 502 g/mol. The van der Waals surface area contributed by atoms with Gasteiger partial charge in [-0.25, -0.2) is 0 Å². The maximum absolute atomic E-state index is 12.6. The normalized spacial score (nSPS) is 16.0. The van der Waals surface area contributed by atoms with Crippen LogP contribution in [-0.2, 0) is 11.2 Å². The lowest BCUT2D eigenvalue weighted by Crippen LogP contribution is -2.16. The van der Waals surface area contributed by atoms with E-state index < -0.39 is 7.14 Å². The lowest BCUT2D eigenvalue weighted by Gasteiger charge is -2.30. The number of ether oxygens (including phenoxy) is 1. The third-order valence-corrected chi connectivity index (χ3v) is 9.00. The van der Waals surface area contributed by atoms with Crippen LogP contribution in [0.25, 0.3) is 11.1 Å². The molecular formula is C33H43O2P. The van der Waals surface area contributed by atoms with Crippen LogP contribution >= 0.6 is 7.14 Å². The van der Waals surface area contributed by atoms with Crippen LogP contribution in [0, 0.1) is 18.3 Å². The lowest BCUT2D eigenvalue weighted by molar-refractivity contribution is 0.304. The number of rotatable bonds is 9. The molecule has 0 aromatic heterocycles. The van der Waals surface area contributed by atoms with Crippen molar-refractivity contribution in [3.63, 3.8) is 0 Å². The van der Waals surface area contributed by atoms with E-state index >= 15 is 0 Å². The predicted octanol–water partition coefficient (Wildman–Crippen LogP) is 9.51. The van der Waals surface area contributed by atoms with Gasteiger partial charge >= 0.3 is 0 Å². The Morgan fingerprint density at radius 3 is 2.33 bits per heavy atom. The van der Waals surface area contributed by atoms with E-state index in [0.717, 1.165) is 11.9 Å². The molecule has 0 radical (unpaired) electrons. The first-order chi connectivity index (χ1) is 16.9. The van der Waals surface area contributed by atoms with Gasteiger partial charge in [0.05, 0.1) is 7.14 Å². The highest BCUT2D eigenvalue weighted by Crippen LogP contribution is 2.51. The van der Waals surface area contributed by atoms with Gasteiger partial charge in [0.2, 0.25) is 0 Å². The quantitative estimate of drug-likeness (QED) is 0.272. The molecule has 0 saturated heterocycles. The van der Waals surface area contributed by atoms with Crippen molar-refractivity contribution in [1.82, 2.24) is 0 Å². The highest BCUT2D eigenvalue weighted by molar-refractivity contribution is 7.62. The van der Waals surface area contributed by atoms with Gasteiger partial charge in [-0.2, -0.15) is 0 Å². The Labute approximate surface area is 218 Å². The van der Waals surface area contributed by atoms with Gasteiger partial charge < -0.3 is 9.30 Å². The molecule has 1 aliphatic rings. The van der Waals surface area contributed by atoms with Gasteiger partial charge in [-0.3, -0.25) is 0 Å². The molecule has 0 heterocycles. The van der Waals surface area contributed by atoms with Crippen LogP contribution in [-0.4, -0.2) is 19.5 Å². The molecule has 36 heavy (non-hydrogen) atoms. The number of benzene rings is 3. The Hall–Kier alpha value is -2.31. The van der Waals surface area contributed by atoms with E-state index in [-0.39, 0.29) is 5.41 Å². The standard InChI is InChI=1S/C33H43O2P/c1-23-10-8-11-27(18-23)30-17-14-25(19-31(30)24(2)33(3,4)5)21-35-29-13-9-12-28(20-29)32(26-15-16-26)22-36(6,7)34/h8-14,17-20,24,26,32H,15-16,21-22H2,1-7H3/t24?,32-/m0/s1. The molecule has 3 aromatic rings. The number of aryl methyl sites for hydroxylation is 1. The highest BCUT2D eigenvalue weighted by Gasteiger charge is 2.34. The predicted molar refractivity (Wildman–Crippen MR) is 155 cm³/mol. The maximum Gasteiger partial charge on any atom is 0.120 e. The van der Waals surface area contributed by atoms with Gasteiger partial charge in [0.1, 0.15) is 12.4 Å². The van der Waals surface area contributed by atoms with Crippen molar-refractivity contribution >= 4 is 7.14 Å². The molecule has 2 nitrogen and oxygen atoms in total. The van der Waals surface area contributed by atoms with Crippen LogP contribution in [0.4, 0.5) is 0 Å². The second-order valence-electron chi connectivity index (χ2n) is 12.4. The van der Waals surface area contributed by atoms with Gasteiger partial charge in [-0.05, 0) is 96.2 Å². The highest BCUT2D eigenvalue weighted by atomic mass is 31.2. The third kappa shape index (κ3) is 6.92. The van der Waals surface area contributed by atoms with Crippen LogP contribution in [0.2, 0.25) is 0 Å². The Morgan fingerprint density at radius 2 is 1.69 bits per heavy atom. The van der Waals surface area contributed by atoms with E-state index in [0.29, 0.717) is 24.4 Å². The van der Waals surface area contributed by atoms with Gasteiger partial charge in [0.25, 0.3) is 0 Å². The van der Waals surface area contributed by atoms with E-state index in [1.165, 1.54) is 46.2 Å². The SMILES string of the molecule is Cc1cccc(-c2ccc(COc3cccc([C@@H](CP(C)(C)=O)C4CC4)c3)cc2C(C)C(C)(C)C)c1. The average molecular weight is 503 g/mol. The summed E-state index contributed by atoms with van der Waals surface area (Å²) in [5, 5.41) is 0. The van der Waals surface area contributed by atoms with Crippen LogP contribution < -0.4 is 4.74 Å². The Kier molecular flexibility index (Phi) is 7.86. The molecule has 0 aliphatic heterocycles. The Morgan fingerprint density at radius 1 is 0.972 bits per heavy atom. The summed E-state index contributed by atoms with van der Waals surface area (Å²) in [4.78, 5) is 0. The largest absolute Gasteiger partial charge is 0.489 e. The van der Waals surface area contributed by atoms with Crippen LogP contribution in [0.5, 0.6) is 5.75 Å². The van der Waals surface area contributed by atoms with E-state index in [2.05, 4.69) is 95.3 Å². The first kappa shape index (κ1) is 26.7. The van der Waals surface area contributed by atoms with Crippen molar-refractivity contribution in [3.05, 3.63) is 89.0 Å². The van der Waals surface area contributed by atoms with Crippen molar-refractivity contribution < 1.29 is 9.30 Å². The Bertz CT molecular complexity index is 1240. The number of hydrogen-bond acceptors (Lipinski definition) is 2. The average Bonchev–Trinajstić information content (AvgIpc) is 3.65. The van der Waals surface area contributed by atoms with Gasteiger partial charge in [0.15, 0.2) is 0 Å². The zero-order chi connectivity index (χ0) is 26.1. The molecule has 0 amide bonds. The van der Waals surface area contributed by atoms with Gasteiger partial charge in [-0.1, -0.05) is 87.9 Å². The zero-order valence-corrected chi connectivity index (χ0v) is 24.1. The lowest BCUT2D eigenvalue weighted by atomic mass is 9.75. The summed E-state index contributed by atoms with van der Waals surface area (Å²) >= 11 is 0. The summed E-state index contributed by atoms with van der Waals surface area (Å²) in [5.41, 5.74) is 7.85. The topological polar surface area (TPSA) is 26.3 Å². The minimum Gasteiger partial charge on any atom is -0.489 e. The van der Waals surface area contributed by atoms with E-state index in [1.54, 1.807) is 0 Å². The summed E-state index contributed by atoms with van der Waals surface area (Å²) in [7, 11) is -2.08. The van der Waals surface area contributed by atoms with Crippen molar-refractivity contribution in [1.29, 1.82) is 0 Å². The molecule has 1 saturated carbocycles. The first-order valence-corrected chi connectivity index (χ1v) is 16.2. The van der Waals surface area contributed by atoms with Crippen LogP contribution in [0.1, 0.15) is 74.6 Å². The molecular weight excluding hydrogens is 459 g/mol. The smallest absolute Gasteiger partial charge is 0.120 e. The molecule has 4 rings (SSSR count).